The zero-order valence-corrected chi connectivity index (χ0v) is 18.1. The molecule has 2 atom stereocenters. The summed E-state index contributed by atoms with van der Waals surface area (Å²) in [5, 5.41) is 9.61. The van der Waals surface area contributed by atoms with E-state index in [2.05, 4.69) is 6.07 Å². The second kappa shape index (κ2) is 8.22. The molecule has 0 unspecified atom stereocenters. The van der Waals surface area contributed by atoms with E-state index in [1.165, 1.54) is 30.0 Å². The van der Waals surface area contributed by atoms with Gasteiger partial charge in [-0.15, -0.1) is 0 Å². The lowest BCUT2D eigenvalue weighted by molar-refractivity contribution is -0.131. The van der Waals surface area contributed by atoms with Crippen molar-refractivity contribution in [3.05, 3.63) is 63.6 Å². The Hall–Kier alpha value is -3.08. The van der Waals surface area contributed by atoms with E-state index in [4.69, 9.17) is 28.5 Å². The average molecular weight is 457 g/mol. The number of amides is 4. The maximum absolute atomic E-state index is 13.0. The van der Waals surface area contributed by atoms with E-state index < -0.39 is 12.1 Å². The number of fused-ring (bicyclic) bond motifs is 1. The van der Waals surface area contributed by atoms with Gasteiger partial charge < -0.3 is 9.80 Å². The number of hydrogen-bond donors (Lipinski definition) is 0. The Kier molecular flexibility index (Phi) is 5.61. The number of halogens is 2. The summed E-state index contributed by atoms with van der Waals surface area (Å²) in [5.41, 5.74) is 1.74. The second-order valence-electron chi connectivity index (χ2n) is 7.60. The number of hydrogen-bond acceptors (Lipinski definition) is 4. The Morgan fingerprint density at radius 2 is 1.81 bits per heavy atom. The largest absolute Gasteiger partial charge is 0.334 e. The topological polar surface area (TPSA) is 84.7 Å². The maximum atomic E-state index is 13.0. The fourth-order valence-electron chi connectivity index (χ4n) is 4.14. The first-order valence-corrected chi connectivity index (χ1v) is 10.4. The second-order valence-corrected chi connectivity index (χ2v) is 8.47. The third-order valence-electron chi connectivity index (χ3n) is 5.61. The van der Waals surface area contributed by atoms with Crippen molar-refractivity contribution in [1.29, 1.82) is 5.26 Å². The van der Waals surface area contributed by atoms with Gasteiger partial charge in [0.1, 0.15) is 6.04 Å². The van der Waals surface area contributed by atoms with Crippen molar-refractivity contribution >= 4 is 46.7 Å². The molecule has 0 aliphatic carbocycles. The van der Waals surface area contributed by atoms with Crippen LogP contribution in [0.2, 0.25) is 10.0 Å². The van der Waals surface area contributed by atoms with E-state index in [0.717, 1.165) is 10.5 Å². The number of nitriles is 1. The molecule has 4 amide bonds. The van der Waals surface area contributed by atoms with E-state index >= 15 is 0 Å². The minimum absolute atomic E-state index is 0.145. The molecule has 0 spiro atoms. The average Bonchev–Trinajstić information content (AvgIpc) is 3.25. The van der Waals surface area contributed by atoms with Crippen molar-refractivity contribution in [3.63, 3.8) is 0 Å². The normalized spacial score (nSPS) is 20.1. The van der Waals surface area contributed by atoms with Crippen molar-refractivity contribution in [3.8, 4) is 6.07 Å². The number of carbonyl (C=O) groups excluding carboxylic acids is 3. The van der Waals surface area contributed by atoms with Gasteiger partial charge in [-0.2, -0.15) is 5.26 Å². The van der Waals surface area contributed by atoms with E-state index in [9.17, 15) is 14.4 Å². The Balaban J connectivity index is 1.53. The van der Waals surface area contributed by atoms with E-state index in [1.807, 2.05) is 0 Å². The molecule has 2 aliphatic rings. The Morgan fingerprint density at radius 3 is 2.35 bits per heavy atom. The van der Waals surface area contributed by atoms with Crippen LogP contribution >= 0.6 is 23.2 Å². The summed E-state index contributed by atoms with van der Waals surface area (Å²) in [6, 6.07) is 12.3. The Labute approximate surface area is 189 Å². The summed E-state index contributed by atoms with van der Waals surface area (Å²) < 4.78 is 0. The van der Waals surface area contributed by atoms with Crippen molar-refractivity contribution in [2.24, 2.45) is 0 Å². The van der Waals surface area contributed by atoms with Crippen molar-refractivity contribution in [1.82, 2.24) is 9.80 Å². The molecule has 0 N–H and O–H groups in total. The number of anilines is 1. The molecule has 0 radical (unpaired) electrons. The highest BCUT2D eigenvalue weighted by atomic mass is 35.5. The lowest BCUT2D eigenvalue weighted by Gasteiger charge is -2.29. The van der Waals surface area contributed by atoms with Crippen molar-refractivity contribution in [2.75, 3.05) is 11.4 Å². The smallest absolute Gasteiger partial charge is 0.332 e. The van der Waals surface area contributed by atoms with Gasteiger partial charge in [-0.1, -0.05) is 35.3 Å². The molecule has 2 saturated heterocycles. The molecule has 9 heteroatoms. The van der Waals surface area contributed by atoms with Crippen LogP contribution in [0.25, 0.3) is 0 Å². The van der Waals surface area contributed by atoms with Crippen LogP contribution in [-0.2, 0) is 16.1 Å². The lowest BCUT2D eigenvalue weighted by Crippen LogP contribution is -2.43. The van der Waals surface area contributed by atoms with Crippen LogP contribution in [-0.4, -0.2) is 46.3 Å². The maximum Gasteiger partial charge on any atom is 0.332 e. The van der Waals surface area contributed by atoms with Crippen LogP contribution < -0.4 is 4.90 Å². The minimum atomic E-state index is -0.641. The third-order valence-corrected chi connectivity index (χ3v) is 6.04. The predicted molar refractivity (Wildman–Crippen MR) is 116 cm³/mol. The van der Waals surface area contributed by atoms with Gasteiger partial charge in [0.25, 0.3) is 5.91 Å². The first kappa shape index (κ1) is 21.2. The third kappa shape index (κ3) is 3.97. The van der Waals surface area contributed by atoms with Gasteiger partial charge in [0, 0.05) is 30.1 Å². The molecular formula is C22H18Cl2N4O3. The molecule has 2 heterocycles. The number of urea groups is 1. The fourth-order valence-corrected chi connectivity index (χ4v) is 4.66. The van der Waals surface area contributed by atoms with Gasteiger partial charge in [0.2, 0.25) is 5.91 Å². The van der Waals surface area contributed by atoms with Crippen LogP contribution in [0.15, 0.2) is 42.5 Å². The SMILES string of the molecule is CC(=O)N(Cc1ccc(C#N)cc1)[C@H]1C[C@H]2C(=O)N(c3cc(Cl)cc(Cl)c3)C(=O)N2C1. The van der Waals surface area contributed by atoms with Crippen LogP contribution in [0.1, 0.15) is 24.5 Å². The van der Waals surface area contributed by atoms with E-state index in [0.29, 0.717) is 34.3 Å². The Morgan fingerprint density at radius 1 is 1.16 bits per heavy atom. The monoisotopic (exact) mass is 456 g/mol. The molecule has 2 fully saturated rings. The molecule has 0 aromatic heterocycles. The Bertz CT molecular complexity index is 1070. The zero-order valence-electron chi connectivity index (χ0n) is 16.6. The van der Waals surface area contributed by atoms with Crippen molar-refractivity contribution < 1.29 is 14.4 Å². The standard InChI is InChI=1S/C22H18Cl2N4O3/c1-13(29)26(11-15-4-2-14(10-25)3-5-15)19-9-20-21(30)28(22(31)27(20)12-19)18-7-16(23)6-17(24)8-18/h2-8,19-20H,9,11-12H2,1H3/t19-,20-/m0/s1. The molecule has 0 saturated carbocycles. The summed E-state index contributed by atoms with van der Waals surface area (Å²) in [4.78, 5) is 42.6. The van der Waals surface area contributed by atoms with Gasteiger partial charge in [-0.25, -0.2) is 9.69 Å². The van der Waals surface area contributed by atoms with Crippen LogP contribution in [0, 0.1) is 11.3 Å². The highest BCUT2D eigenvalue weighted by molar-refractivity contribution is 6.35. The molecule has 4 rings (SSSR count). The van der Waals surface area contributed by atoms with E-state index in [1.54, 1.807) is 29.2 Å². The molecule has 158 valence electrons. The minimum Gasteiger partial charge on any atom is -0.334 e. The number of benzene rings is 2. The first-order chi connectivity index (χ1) is 14.8. The summed E-state index contributed by atoms with van der Waals surface area (Å²) >= 11 is 12.1. The van der Waals surface area contributed by atoms with Crippen molar-refractivity contribution in [2.45, 2.75) is 32.0 Å². The number of rotatable bonds is 4. The van der Waals surface area contributed by atoms with Gasteiger partial charge in [0.15, 0.2) is 0 Å². The molecule has 0 bridgehead atoms. The first-order valence-electron chi connectivity index (χ1n) is 9.65. The van der Waals surface area contributed by atoms with Gasteiger partial charge in [-0.3, -0.25) is 9.59 Å². The molecule has 2 aromatic rings. The van der Waals surface area contributed by atoms with Crippen LogP contribution in [0.5, 0.6) is 0 Å². The highest BCUT2D eigenvalue weighted by Gasteiger charge is 2.52. The van der Waals surface area contributed by atoms with Crippen LogP contribution in [0.3, 0.4) is 0 Å². The summed E-state index contributed by atoms with van der Waals surface area (Å²) in [7, 11) is 0. The molecule has 2 aliphatic heterocycles. The van der Waals surface area contributed by atoms with Gasteiger partial charge in [0.05, 0.1) is 23.4 Å². The summed E-state index contributed by atoms with van der Waals surface area (Å²) in [5.74, 6) is -0.499. The number of nitrogens with zero attached hydrogens (tertiary/aromatic N) is 4. The lowest BCUT2D eigenvalue weighted by atomic mass is 10.1. The molecule has 2 aromatic carbocycles. The molecular weight excluding hydrogens is 439 g/mol. The van der Waals surface area contributed by atoms with Gasteiger partial charge >= 0.3 is 6.03 Å². The quantitative estimate of drug-likeness (QED) is 0.654. The predicted octanol–water partition coefficient (Wildman–Crippen LogP) is 3.82. The summed E-state index contributed by atoms with van der Waals surface area (Å²) in [6.45, 7) is 2.06. The van der Waals surface area contributed by atoms with E-state index in [-0.39, 0.29) is 24.4 Å². The molecule has 7 nitrogen and oxygen atoms in total. The molecule has 31 heavy (non-hydrogen) atoms. The highest BCUT2D eigenvalue weighted by Crippen LogP contribution is 2.35. The summed E-state index contributed by atoms with van der Waals surface area (Å²) in [6.07, 6.45) is 0.352. The van der Waals surface area contributed by atoms with Crippen LogP contribution in [0.4, 0.5) is 10.5 Å². The number of carbonyl (C=O) groups is 3. The fraction of sp³-hybridized carbons (Fsp3) is 0.273. The zero-order chi connectivity index (χ0) is 22.3. The van der Waals surface area contributed by atoms with Gasteiger partial charge in [-0.05, 0) is 42.3 Å². The number of imide groups is 1.